The zero-order chi connectivity index (χ0) is 11.3. The SMILES string of the molecule is CCCN(CC(N)=S)C(=O)c1ccon1. The zero-order valence-corrected chi connectivity index (χ0v) is 9.29. The molecule has 0 radical (unpaired) electrons. The van der Waals surface area contributed by atoms with Crippen LogP contribution in [0.25, 0.3) is 0 Å². The van der Waals surface area contributed by atoms with Crippen LogP contribution in [0.4, 0.5) is 0 Å². The second-order valence-electron chi connectivity index (χ2n) is 3.08. The number of rotatable bonds is 5. The molecule has 0 unspecified atom stereocenters. The van der Waals surface area contributed by atoms with Crippen molar-refractivity contribution in [3.8, 4) is 0 Å². The number of hydrogen-bond acceptors (Lipinski definition) is 4. The van der Waals surface area contributed by atoms with E-state index >= 15 is 0 Å². The van der Waals surface area contributed by atoms with E-state index in [4.69, 9.17) is 18.0 Å². The quantitative estimate of drug-likeness (QED) is 0.754. The molecule has 1 aromatic rings. The summed E-state index contributed by atoms with van der Waals surface area (Å²) < 4.78 is 4.61. The normalized spacial score (nSPS) is 9.93. The van der Waals surface area contributed by atoms with Crippen molar-refractivity contribution < 1.29 is 9.32 Å². The highest BCUT2D eigenvalue weighted by atomic mass is 32.1. The maximum absolute atomic E-state index is 11.8. The highest BCUT2D eigenvalue weighted by Gasteiger charge is 2.17. The van der Waals surface area contributed by atoms with E-state index in [0.29, 0.717) is 11.5 Å². The molecule has 82 valence electrons. The Morgan fingerprint density at radius 1 is 1.73 bits per heavy atom. The third-order valence-electron chi connectivity index (χ3n) is 1.78. The Morgan fingerprint density at radius 3 is 2.93 bits per heavy atom. The maximum atomic E-state index is 11.8. The van der Waals surface area contributed by atoms with Gasteiger partial charge in [0.05, 0.1) is 11.5 Å². The first-order valence-corrected chi connectivity index (χ1v) is 5.04. The summed E-state index contributed by atoms with van der Waals surface area (Å²) in [6, 6.07) is 1.52. The first-order valence-electron chi connectivity index (χ1n) is 4.63. The number of amides is 1. The van der Waals surface area contributed by atoms with Gasteiger partial charge in [0.1, 0.15) is 6.26 Å². The Hall–Kier alpha value is -1.43. The van der Waals surface area contributed by atoms with Gasteiger partial charge in [0, 0.05) is 12.6 Å². The highest BCUT2D eigenvalue weighted by Crippen LogP contribution is 2.02. The van der Waals surface area contributed by atoms with E-state index in [0.717, 1.165) is 6.42 Å². The van der Waals surface area contributed by atoms with E-state index in [1.165, 1.54) is 12.3 Å². The fourth-order valence-electron chi connectivity index (χ4n) is 1.20. The molecule has 2 N–H and O–H groups in total. The number of nitrogens with two attached hydrogens (primary N) is 1. The lowest BCUT2D eigenvalue weighted by molar-refractivity contribution is 0.0769. The average molecular weight is 227 g/mol. The highest BCUT2D eigenvalue weighted by molar-refractivity contribution is 7.80. The van der Waals surface area contributed by atoms with Crippen LogP contribution in [0.15, 0.2) is 16.9 Å². The van der Waals surface area contributed by atoms with E-state index in [2.05, 4.69) is 9.68 Å². The second-order valence-corrected chi connectivity index (χ2v) is 3.60. The molecule has 15 heavy (non-hydrogen) atoms. The summed E-state index contributed by atoms with van der Waals surface area (Å²) in [6.07, 6.45) is 2.20. The molecule has 5 nitrogen and oxygen atoms in total. The summed E-state index contributed by atoms with van der Waals surface area (Å²) >= 11 is 4.77. The predicted octanol–water partition coefficient (Wildman–Crippen LogP) is 0.813. The number of aromatic nitrogens is 1. The van der Waals surface area contributed by atoms with E-state index in [1.807, 2.05) is 6.92 Å². The zero-order valence-electron chi connectivity index (χ0n) is 8.47. The van der Waals surface area contributed by atoms with Crippen molar-refractivity contribution in [2.24, 2.45) is 5.73 Å². The first kappa shape index (κ1) is 11.6. The van der Waals surface area contributed by atoms with E-state index < -0.39 is 0 Å². The van der Waals surface area contributed by atoms with Gasteiger partial charge in [0.25, 0.3) is 5.91 Å². The standard InChI is InChI=1S/C9H13N3O2S/c1-2-4-12(6-8(10)15)9(13)7-3-5-14-11-7/h3,5H,2,4,6H2,1H3,(H2,10,15). The van der Waals surface area contributed by atoms with Gasteiger partial charge in [-0.15, -0.1) is 0 Å². The van der Waals surface area contributed by atoms with Crippen LogP contribution in [0.3, 0.4) is 0 Å². The monoisotopic (exact) mass is 227 g/mol. The minimum atomic E-state index is -0.210. The minimum Gasteiger partial charge on any atom is -0.392 e. The van der Waals surface area contributed by atoms with Gasteiger partial charge in [0.2, 0.25) is 0 Å². The number of nitrogens with zero attached hydrogens (tertiary/aromatic N) is 2. The van der Waals surface area contributed by atoms with Gasteiger partial charge in [-0.2, -0.15) is 0 Å². The Labute approximate surface area is 93.2 Å². The van der Waals surface area contributed by atoms with Gasteiger partial charge < -0.3 is 15.2 Å². The number of hydrogen-bond donors (Lipinski definition) is 1. The van der Waals surface area contributed by atoms with Crippen molar-refractivity contribution in [3.05, 3.63) is 18.0 Å². The van der Waals surface area contributed by atoms with Crippen LogP contribution in [0.1, 0.15) is 23.8 Å². The van der Waals surface area contributed by atoms with Gasteiger partial charge in [-0.3, -0.25) is 4.79 Å². The van der Waals surface area contributed by atoms with Crippen molar-refractivity contribution in [2.75, 3.05) is 13.1 Å². The lowest BCUT2D eigenvalue weighted by Gasteiger charge is -2.19. The maximum Gasteiger partial charge on any atom is 0.276 e. The van der Waals surface area contributed by atoms with Crippen LogP contribution >= 0.6 is 12.2 Å². The Bertz CT molecular complexity index is 337. The molecule has 1 heterocycles. The van der Waals surface area contributed by atoms with Crippen molar-refractivity contribution in [1.29, 1.82) is 0 Å². The minimum absolute atomic E-state index is 0.210. The summed E-state index contributed by atoms with van der Waals surface area (Å²) in [7, 11) is 0. The lowest BCUT2D eigenvalue weighted by Crippen LogP contribution is -2.38. The fraction of sp³-hybridized carbons (Fsp3) is 0.444. The van der Waals surface area contributed by atoms with Gasteiger partial charge in [-0.1, -0.05) is 24.3 Å². The summed E-state index contributed by atoms with van der Waals surface area (Å²) in [5, 5.41) is 3.58. The summed E-state index contributed by atoms with van der Waals surface area (Å²) in [5.74, 6) is -0.210. The molecule has 0 spiro atoms. The van der Waals surface area contributed by atoms with Crippen molar-refractivity contribution >= 4 is 23.1 Å². The van der Waals surface area contributed by atoms with Crippen LogP contribution in [0.5, 0.6) is 0 Å². The predicted molar refractivity (Wildman–Crippen MR) is 59.5 cm³/mol. The number of carbonyl (C=O) groups excluding carboxylic acids is 1. The van der Waals surface area contributed by atoms with E-state index in [-0.39, 0.29) is 18.1 Å². The van der Waals surface area contributed by atoms with Crippen molar-refractivity contribution in [1.82, 2.24) is 10.1 Å². The second kappa shape index (κ2) is 5.45. The molecule has 6 heteroatoms. The van der Waals surface area contributed by atoms with E-state index in [9.17, 15) is 4.79 Å². The van der Waals surface area contributed by atoms with Crippen LogP contribution < -0.4 is 5.73 Å². The van der Waals surface area contributed by atoms with Gasteiger partial charge in [0.15, 0.2) is 5.69 Å². The molecule has 1 amide bonds. The molecule has 0 aliphatic heterocycles. The average Bonchev–Trinajstić information content (AvgIpc) is 2.68. The largest absolute Gasteiger partial charge is 0.392 e. The van der Waals surface area contributed by atoms with Crippen LogP contribution in [-0.4, -0.2) is 34.0 Å². The van der Waals surface area contributed by atoms with Gasteiger partial charge in [-0.05, 0) is 6.42 Å². The molecule has 0 saturated heterocycles. The molecular formula is C9H13N3O2S. The molecule has 0 atom stereocenters. The fourth-order valence-corrected chi connectivity index (χ4v) is 1.35. The molecule has 0 aromatic carbocycles. The summed E-state index contributed by atoms with van der Waals surface area (Å²) in [4.78, 5) is 13.7. The van der Waals surface area contributed by atoms with Crippen molar-refractivity contribution in [3.63, 3.8) is 0 Å². The molecular weight excluding hydrogens is 214 g/mol. The molecule has 1 aromatic heterocycles. The summed E-state index contributed by atoms with van der Waals surface area (Å²) in [6.45, 7) is 2.85. The Balaban J connectivity index is 2.71. The van der Waals surface area contributed by atoms with Crippen LogP contribution in [0, 0.1) is 0 Å². The molecule has 0 aliphatic rings. The molecule has 1 rings (SSSR count). The van der Waals surface area contributed by atoms with Gasteiger partial charge in [-0.25, -0.2) is 0 Å². The van der Waals surface area contributed by atoms with Crippen molar-refractivity contribution in [2.45, 2.75) is 13.3 Å². The lowest BCUT2D eigenvalue weighted by atomic mass is 10.3. The number of thiocarbonyl (C=S) groups is 1. The van der Waals surface area contributed by atoms with E-state index in [1.54, 1.807) is 4.90 Å². The molecule has 0 aliphatic carbocycles. The third kappa shape index (κ3) is 3.32. The van der Waals surface area contributed by atoms with Crippen LogP contribution in [0.2, 0.25) is 0 Å². The molecule has 0 fully saturated rings. The van der Waals surface area contributed by atoms with Gasteiger partial charge >= 0.3 is 0 Å². The van der Waals surface area contributed by atoms with Crippen LogP contribution in [-0.2, 0) is 0 Å². The first-order chi connectivity index (χ1) is 7.15. The molecule has 0 saturated carbocycles. The molecule has 0 bridgehead atoms. The third-order valence-corrected chi connectivity index (χ3v) is 1.91. The summed E-state index contributed by atoms with van der Waals surface area (Å²) in [5.41, 5.74) is 5.69. The Morgan fingerprint density at radius 2 is 2.47 bits per heavy atom. The smallest absolute Gasteiger partial charge is 0.276 e. The number of carbonyl (C=O) groups is 1. The Kier molecular flexibility index (Phi) is 4.23. The topological polar surface area (TPSA) is 72.4 Å².